The molecule has 2 aromatic heterocycles. The topological polar surface area (TPSA) is 48.9 Å². The van der Waals surface area contributed by atoms with E-state index in [1.807, 2.05) is 16.8 Å². The van der Waals surface area contributed by atoms with E-state index in [1.165, 1.54) is 29.5 Å². The molecule has 2 heterocycles. The zero-order valence-electron chi connectivity index (χ0n) is 19.8. The molecule has 0 saturated carbocycles. The normalized spacial score (nSPS) is 13.1. The fraction of sp³-hybridized carbons (Fsp3) is 0.107. The van der Waals surface area contributed by atoms with Crippen molar-refractivity contribution in [1.29, 1.82) is 0 Å². The van der Waals surface area contributed by atoms with E-state index < -0.39 is 29.3 Å². The number of aromatic amines is 1. The summed E-state index contributed by atoms with van der Waals surface area (Å²) in [6.07, 6.45) is -12.1. The molecule has 0 aliphatic rings. The number of H-pyrrole nitrogens is 1. The Kier molecular flexibility index (Phi) is 5.92. The molecule has 12 heteroatoms. The molecule has 0 aliphatic carbocycles. The highest BCUT2D eigenvalue weighted by Gasteiger charge is 2.71. The van der Waals surface area contributed by atoms with Gasteiger partial charge in [-0.2, -0.15) is 37.7 Å². The van der Waals surface area contributed by atoms with Gasteiger partial charge in [0.05, 0.1) is 21.6 Å². The van der Waals surface area contributed by atoms with Gasteiger partial charge >= 0.3 is 12.4 Å². The second-order valence-electron chi connectivity index (χ2n) is 9.14. The quantitative estimate of drug-likeness (QED) is 0.158. The summed E-state index contributed by atoms with van der Waals surface area (Å²) in [6, 6.07) is 13.2. The fourth-order valence-corrected chi connectivity index (χ4v) is 5.80. The Hall–Kier alpha value is -3.67. The Balaban J connectivity index is 1.74. The van der Waals surface area contributed by atoms with Crippen molar-refractivity contribution in [2.75, 3.05) is 0 Å². The second-order valence-corrected chi connectivity index (χ2v) is 10.3. The van der Waals surface area contributed by atoms with E-state index in [2.05, 4.69) is 9.97 Å². The van der Waals surface area contributed by atoms with Crippen molar-refractivity contribution >= 4 is 55.5 Å². The van der Waals surface area contributed by atoms with Crippen LogP contribution in [0.25, 0.3) is 55.1 Å². The van der Waals surface area contributed by atoms with Crippen LogP contribution in [0.4, 0.5) is 30.7 Å². The van der Waals surface area contributed by atoms with Crippen molar-refractivity contribution in [3.63, 3.8) is 0 Å². The average molecular weight is 595 g/mol. The number of hydrogen-bond donors (Lipinski definition) is 2. The Bertz CT molecular complexity index is 1890. The minimum Gasteiger partial charge on any atom is -0.369 e. The number of rotatable bonds is 3. The maximum absolute atomic E-state index is 14.7. The predicted molar refractivity (Wildman–Crippen MR) is 141 cm³/mol. The molecule has 0 bridgehead atoms. The predicted octanol–water partition coefficient (Wildman–Crippen LogP) is 9.37. The molecule has 6 rings (SSSR count). The van der Waals surface area contributed by atoms with Crippen molar-refractivity contribution < 1.29 is 35.8 Å². The highest BCUT2D eigenvalue weighted by Crippen LogP contribution is 2.51. The number of fused-ring (bicyclic) bond motifs is 6. The van der Waals surface area contributed by atoms with Crippen LogP contribution in [0, 0.1) is 5.82 Å². The first-order chi connectivity index (χ1) is 18.8. The maximum Gasteiger partial charge on any atom is 0.430 e. The highest BCUT2D eigenvalue weighted by atomic mass is 35.5. The van der Waals surface area contributed by atoms with E-state index in [4.69, 9.17) is 11.6 Å². The fourth-order valence-electron chi connectivity index (χ4n) is 4.89. The number of imidazole rings is 1. The zero-order chi connectivity index (χ0) is 28.6. The summed E-state index contributed by atoms with van der Waals surface area (Å²) < 4.78 is 97.1. The van der Waals surface area contributed by atoms with Gasteiger partial charge in [-0.1, -0.05) is 41.9 Å². The minimum atomic E-state index is -6.05. The first-order valence-corrected chi connectivity index (χ1v) is 12.9. The largest absolute Gasteiger partial charge is 0.430 e. The van der Waals surface area contributed by atoms with Crippen molar-refractivity contribution in [3.05, 3.63) is 87.8 Å². The number of nitrogens with zero attached hydrogens (tertiary/aromatic N) is 1. The van der Waals surface area contributed by atoms with Gasteiger partial charge in [-0.25, -0.2) is 9.37 Å². The molecule has 0 unspecified atom stereocenters. The van der Waals surface area contributed by atoms with Gasteiger partial charge < -0.3 is 10.1 Å². The molecule has 0 spiro atoms. The lowest BCUT2D eigenvalue weighted by molar-refractivity contribution is -0.376. The lowest BCUT2D eigenvalue weighted by Gasteiger charge is -2.32. The summed E-state index contributed by atoms with van der Waals surface area (Å²) in [5, 5.41) is 14.7. The molecular formula is C28H14ClF7N2OS. The molecule has 3 nitrogen and oxygen atoms in total. The number of thiophene rings is 1. The van der Waals surface area contributed by atoms with Gasteiger partial charge in [0.1, 0.15) is 11.6 Å². The van der Waals surface area contributed by atoms with Crippen molar-refractivity contribution in [3.8, 4) is 22.5 Å². The number of nitrogens with one attached hydrogen (secondary N) is 1. The maximum atomic E-state index is 14.7. The third-order valence-electron chi connectivity index (χ3n) is 6.85. The number of aliphatic hydroxyl groups is 1. The molecule has 0 radical (unpaired) electrons. The van der Waals surface area contributed by atoms with Gasteiger partial charge in [0.15, 0.2) is 0 Å². The summed E-state index contributed by atoms with van der Waals surface area (Å²) in [5.74, 6) is -0.650. The van der Waals surface area contributed by atoms with E-state index in [0.717, 1.165) is 11.6 Å². The molecule has 0 fully saturated rings. The van der Waals surface area contributed by atoms with E-state index >= 15 is 0 Å². The van der Waals surface area contributed by atoms with Crippen LogP contribution in [-0.4, -0.2) is 27.4 Å². The standard InChI is InChI=1S/C28H14ClF7N2OS/c29-20-2-1-3-21(30)22(20)25-37-23-16-6-4-13(14-8-9-40-12-14)10-18(16)19-11-15(5-7-17(19)24(23)38-25)26(39,27(31,32)33)28(34,35)36/h1-12,39H,(H,37,38). The number of aromatic nitrogens is 2. The van der Waals surface area contributed by atoms with Crippen LogP contribution in [0.1, 0.15) is 5.56 Å². The van der Waals surface area contributed by atoms with Crippen LogP contribution >= 0.6 is 22.9 Å². The van der Waals surface area contributed by atoms with Crippen LogP contribution in [0.2, 0.25) is 5.02 Å². The SMILES string of the molecule is OC(c1ccc2c(c1)c1cc(-c3ccsc3)ccc1c1nc(-c3c(F)cccc3Cl)[nH]c21)(C(F)(F)F)C(F)(F)F. The van der Waals surface area contributed by atoms with Gasteiger partial charge in [-0.05, 0) is 63.0 Å². The number of benzene rings is 4. The summed E-state index contributed by atoms with van der Waals surface area (Å²) >= 11 is 7.63. The van der Waals surface area contributed by atoms with Crippen molar-refractivity contribution in [2.45, 2.75) is 18.0 Å². The molecule has 0 atom stereocenters. The summed E-state index contributed by atoms with van der Waals surface area (Å²) in [4.78, 5) is 7.49. The van der Waals surface area contributed by atoms with Gasteiger partial charge in [0.2, 0.25) is 0 Å². The first kappa shape index (κ1) is 26.5. The Morgan fingerprint density at radius 2 is 1.50 bits per heavy atom. The van der Waals surface area contributed by atoms with Gasteiger partial charge in [-0.3, -0.25) is 0 Å². The number of alkyl halides is 6. The van der Waals surface area contributed by atoms with Crippen molar-refractivity contribution in [2.24, 2.45) is 0 Å². The highest BCUT2D eigenvalue weighted by molar-refractivity contribution is 7.08. The third kappa shape index (κ3) is 3.87. The first-order valence-electron chi connectivity index (χ1n) is 11.5. The van der Waals surface area contributed by atoms with Crippen LogP contribution in [-0.2, 0) is 5.60 Å². The third-order valence-corrected chi connectivity index (χ3v) is 7.85. The van der Waals surface area contributed by atoms with Crippen LogP contribution < -0.4 is 0 Å². The summed E-state index contributed by atoms with van der Waals surface area (Å²) in [6.45, 7) is 0. The monoisotopic (exact) mass is 594 g/mol. The second kappa shape index (κ2) is 8.92. The Morgan fingerprint density at radius 3 is 2.15 bits per heavy atom. The van der Waals surface area contributed by atoms with Gasteiger partial charge in [0.25, 0.3) is 5.60 Å². The lowest BCUT2D eigenvalue weighted by Crippen LogP contribution is -2.53. The molecule has 0 saturated heterocycles. The number of halogens is 8. The van der Waals surface area contributed by atoms with Gasteiger partial charge in [-0.15, -0.1) is 0 Å². The molecule has 2 N–H and O–H groups in total. The van der Waals surface area contributed by atoms with E-state index in [9.17, 15) is 35.8 Å². The van der Waals surface area contributed by atoms with E-state index in [1.54, 1.807) is 18.2 Å². The van der Waals surface area contributed by atoms with Crippen LogP contribution in [0.5, 0.6) is 0 Å². The molecule has 6 aromatic rings. The molecule has 40 heavy (non-hydrogen) atoms. The smallest absolute Gasteiger partial charge is 0.369 e. The molecular weight excluding hydrogens is 581 g/mol. The van der Waals surface area contributed by atoms with E-state index in [0.29, 0.717) is 28.6 Å². The summed E-state index contributed by atoms with van der Waals surface area (Å²) in [5.41, 5.74) is -4.54. The number of hydrogen-bond acceptors (Lipinski definition) is 3. The minimum absolute atomic E-state index is 0.00108. The Labute approximate surface area is 229 Å². The van der Waals surface area contributed by atoms with Crippen LogP contribution in [0.3, 0.4) is 0 Å². The van der Waals surface area contributed by atoms with E-state index in [-0.39, 0.29) is 38.1 Å². The van der Waals surface area contributed by atoms with Crippen molar-refractivity contribution in [1.82, 2.24) is 9.97 Å². The average Bonchev–Trinajstić information content (AvgIpc) is 3.57. The zero-order valence-corrected chi connectivity index (χ0v) is 21.3. The molecule has 204 valence electrons. The lowest BCUT2D eigenvalue weighted by atomic mass is 9.88. The van der Waals surface area contributed by atoms with Gasteiger partial charge in [0, 0.05) is 16.3 Å². The summed E-state index contributed by atoms with van der Waals surface area (Å²) in [7, 11) is 0. The molecule has 4 aromatic carbocycles. The molecule has 0 aliphatic heterocycles. The Morgan fingerprint density at radius 1 is 0.800 bits per heavy atom. The van der Waals surface area contributed by atoms with Crippen LogP contribution in [0.15, 0.2) is 71.4 Å². The molecule has 0 amide bonds.